The Morgan fingerprint density at radius 2 is 1.97 bits per heavy atom. The van der Waals surface area contributed by atoms with Gasteiger partial charge < -0.3 is 24.9 Å². The van der Waals surface area contributed by atoms with E-state index in [1.165, 1.54) is 25.5 Å². The fraction of sp³-hybridized carbons (Fsp3) is 0.577. The summed E-state index contributed by atoms with van der Waals surface area (Å²) in [5.74, 6) is 0.205. The number of hydrogen-bond acceptors (Lipinski definition) is 6. The number of hydrogen-bond donors (Lipinski definition) is 3. The lowest BCUT2D eigenvalue weighted by Crippen LogP contribution is -2.35. The van der Waals surface area contributed by atoms with Crippen LogP contribution in [0.5, 0.6) is 0 Å². The van der Waals surface area contributed by atoms with E-state index in [9.17, 15) is 4.79 Å². The molecule has 9 heteroatoms. The summed E-state index contributed by atoms with van der Waals surface area (Å²) in [6.45, 7) is 3.63. The summed E-state index contributed by atoms with van der Waals surface area (Å²) < 4.78 is 26.3. The number of carbonyl (C=O) groups excluding carboxylic acids is 1. The highest BCUT2D eigenvalue weighted by atomic mass is 19.1. The highest BCUT2D eigenvalue weighted by Crippen LogP contribution is 2.34. The van der Waals surface area contributed by atoms with Crippen LogP contribution in [0.2, 0.25) is 0 Å². The molecule has 188 valence electrons. The summed E-state index contributed by atoms with van der Waals surface area (Å²) in [6.07, 6.45) is 10.1. The summed E-state index contributed by atoms with van der Waals surface area (Å²) in [5, 5.41) is 10.4. The number of nitrogens with one attached hydrogen (secondary N) is 3. The summed E-state index contributed by atoms with van der Waals surface area (Å²) >= 11 is 0. The predicted octanol–water partition coefficient (Wildman–Crippen LogP) is 4.88. The maximum absolute atomic E-state index is 15.7. The maximum Gasteiger partial charge on any atom is 0.257 e. The van der Waals surface area contributed by atoms with Crippen LogP contribution >= 0.6 is 0 Å². The largest absolute Gasteiger partial charge is 0.379 e. The number of H-pyrrole nitrogens is 1. The van der Waals surface area contributed by atoms with E-state index in [-0.39, 0.29) is 29.7 Å². The zero-order valence-corrected chi connectivity index (χ0v) is 20.2. The molecule has 2 atom stereocenters. The molecule has 2 unspecified atom stereocenters. The van der Waals surface area contributed by atoms with Gasteiger partial charge in [0.05, 0.1) is 29.9 Å². The lowest BCUT2D eigenvalue weighted by molar-refractivity contribution is 0.0911. The summed E-state index contributed by atoms with van der Waals surface area (Å²) in [7, 11) is 0. The number of fused-ring (bicyclic) bond motifs is 1. The van der Waals surface area contributed by atoms with E-state index in [4.69, 9.17) is 14.2 Å². The number of rotatable bonds is 5. The normalized spacial score (nSPS) is 21.3. The number of benzene rings is 1. The number of aryl methyl sites for hydroxylation is 1. The fourth-order valence-corrected chi connectivity index (χ4v) is 5.36. The van der Waals surface area contributed by atoms with Crippen LogP contribution in [-0.4, -0.2) is 40.8 Å². The third-order valence-corrected chi connectivity index (χ3v) is 7.35. The number of amides is 1. The number of imidazole rings is 1. The molecule has 1 saturated carbocycles. The van der Waals surface area contributed by atoms with Gasteiger partial charge in [-0.3, -0.25) is 4.79 Å². The topological polar surface area (TPSA) is 105 Å². The quantitative estimate of drug-likeness (QED) is 0.478. The minimum atomic E-state index is -0.357. The average Bonchev–Trinajstić information content (AvgIpc) is 3.36. The van der Waals surface area contributed by atoms with Gasteiger partial charge in [-0.1, -0.05) is 43.3 Å². The van der Waals surface area contributed by atoms with Crippen molar-refractivity contribution in [1.82, 2.24) is 25.8 Å². The van der Waals surface area contributed by atoms with Crippen molar-refractivity contribution >= 4 is 16.9 Å². The van der Waals surface area contributed by atoms with Crippen molar-refractivity contribution in [3.8, 4) is 0 Å². The van der Waals surface area contributed by atoms with E-state index < -0.39 is 0 Å². The maximum atomic E-state index is 15.7. The van der Waals surface area contributed by atoms with Crippen molar-refractivity contribution in [2.75, 3.05) is 19.8 Å². The molecule has 5 rings (SSSR count). The van der Waals surface area contributed by atoms with Crippen LogP contribution in [0.15, 0.2) is 22.9 Å². The Morgan fingerprint density at radius 3 is 2.74 bits per heavy atom. The van der Waals surface area contributed by atoms with Gasteiger partial charge in [0.15, 0.2) is 5.82 Å². The molecule has 3 heterocycles. The van der Waals surface area contributed by atoms with Crippen LogP contribution in [0.1, 0.15) is 90.9 Å². The van der Waals surface area contributed by atoms with Gasteiger partial charge in [-0.2, -0.15) is 0 Å². The van der Waals surface area contributed by atoms with E-state index in [1.54, 1.807) is 13.0 Å². The molecule has 8 nitrogen and oxygen atoms in total. The van der Waals surface area contributed by atoms with Crippen LogP contribution < -0.4 is 10.6 Å². The minimum Gasteiger partial charge on any atom is -0.379 e. The Hall–Kier alpha value is -2.78. The van der Waals surface area contributed by atoms with Crippen molar-refractivity contribution in [3.05, 3.63) is 46.9 Å². The minimum absolute atomic E-state index is 0.208. The summed E-state index contributed by atoms with van der Waals surface area (Å²) in [6, 6.07) is 3.11. The zero-order valence-electron chi connectivity index (χ0n) is 20.2. The van der Waals surface area contributed by atoms with E-state index in [1.807, 2.05) is 6.07 Å². The summed E-state index contributed by atoms with van der Waals surface area (Å²) in [5.41, 5.74) is 2.43. The van der Waals surface area contributed by atoms with E-state index >= 15 is 4.39 Å². The van der Waals surface area contributed by atoms with Gasteiger partial charge in [0, 0.05) is 12.2 Å². The first-order chi connectivity index (χ1) is 17.1. The van der Waals surface area contributed by atoms with Crippen LogP contribution in [0.25, 0.3) is 11.0 Å². The third-order valence-electron chi connectivity index (χ3n) is 7.35. The predicted molar refractivity (Wildman–Crippen MR) is 129 cm³/mol. The lowest BCUT2D eigenvalue weighted by atomic mass is 9.85. The van der Waals surface area contributed by atoms with Gasteiger partial charge in [-0.05, 0) is 44.7 Å². The Labute approximate surface area is 204 Å². The molecule has 1 aromatic carbocycles. The van der Waals surface area contributed by atoms with Crippen molar-refractivity contribution in [2.45, 2.75) is 70.4 Å². The van der Waals surface area contributed by atoms with Crippen molar-refractivity contribution < 1.29 is 18.4 Å². The fourth-order valence-electron chi connectivity index (χ4n) is 5.36. The molecule has 3 aromatic rings. The van der Waals surface area contributed by atoms with Crippen LogP contribution in [0, 0.1) is 18.7 Å². The SMILES string of the molecule is Cc1nocc1C(=O)NC(c1nc2c(F)c(C3COCCCN3)ccc2[nH]1)C1CCCCCCC1. The van der Waals surface area contributed by atoms with Gasteiger partial charge in [-0.25, -0.2) is 9.37 Å². The number of aromatic nitrogens is 3. The second-order valence-electron chi connectivity index (χ2n) is 9.79. The molecule has 35 heavy (non-hydrogen) atoms. The molecule has 2 aliphatic rings. The van der Waals surface area contributed by atoms with E-state index in [2.05, 4.69) is 20.8 Å². The average molecular weight is 484 g/mol. The van der Waals surface area contributed by atoms with E-state index in [0.29, 0.717) is 46.9 Å². The van der Waals surface area contributed by atoms with Crippen LogP contribution in [0.3, 0.4) is 0 Å². The van der Waals surface area contributed by atoms with Gasteiger partial charge in [0.2, 0.25) is 0 Å². The summed E-state index contributed by atoms with van der Waals surface area (Å²) in [4.78, 5) is 21.2. The molecule has 3 N–H and O–H groups in total. The molecular weight excluding hydrogens is 449 g/mol. The lowest BCUT2D eigenvalue weighted by Gasteiger charge is -2.28. The van der Waals surface area contributed by atoms with Crippen molar-refractivity contribution in [2.24, 2.45) is 5.92 Å². The van der Waals surface area contributed by atoms with Crippen LogP contribution in [-0.2, 0) is 4.74 Å². The van der Waals surface area contributed by atoms with Crippen molar-refractivity contribution in [3.63, 3.8) is 0 Å². The molecule has 0 radical (unpaired) electrons. The molecule has 1 aliphatic carbocycles. The molecule has 1 aliphatic heterocycles. The van der Waals surface area contributed by atoms with Crippen LogP contribution in [0.4, 0.5) is 4.39 Å². The Bertz CT molecular complexity index is 1140. The van der Waals surface area contributed by atoms with Crippen molar-refractivity contribution in [1.29, 1.82) is 0 Å². The Morgan fingerprint density at radius 1 is 1.17 bits per heavy atom. The van der Waals surface area contributed by atoms with E-state index in [0.717, 1.165) is 38.6 Å². The molecule has 1 saturated heterocycles. The highest BCUT2D eigenvalue weighted by molar-refractivity contribution is 5.95. The van der Waals surface area contributed by atoms with Gasteiger partial charge in [0.1, 0.15) is 23.2 Å². The number of ether oxygens (including phenoxy) is 1. The highest BCUT2D eigenvalue weighted by Gasteiger charge is 2.30. The van der Waals surface area contributed by atoms with Gasteiger partial charge in [0.25, 0.3) is 5.91 Å². The van der Waals surface area contributed by atoms with Gasteiger partial charge >= 0.3 is 0 Å². The van der Waals surface area contributed by atoms with Gasteiger partial charge in [-0.15, -0.1) is 0 Å². The smallest absolute Gasteiger partial charge is 0.257 e. The first-order valence-corrected chi connectivity index (χ1v) is 12.8. The molecule has 2 aromatic heterocycles. The monoisotopic (exact) mass is 483 g/mol. The Kier molecular flexibility index (Phi) is 7.43. The number of halogens is 1. The standard InChI is InChI=1S/C26H34FN5O3/c1-16-19(14-35-32-16)26(33)31-23(17-8-5-3-2-4-6-9-17)25-29-20-11-10-18(22(27)24(20)30-25)21-15-34-13-7-12-28-21/h10-11,14,17,21,23,28H,2-9,12-13,15H2,1H3,(H,29,30)(H,31,33). The first-order valence-electron chi connectivity index (χ1n) is 12.8. The first kappa shape index (κ1) is 23.9. The number of nitrogens with zero attached hydrogens (tertiary/aromatic N) is 2. The number of carbonyl (C=O) groups is 1. The molecule has 2 fully saturated rings. The number of aromatic amines is 1. The molecule has 0 bridgehead atoms. The second kappa shape index (κ2) is 10.9. The third kappa shape index (κ3) is 5.26. The Balaban J connectivity index is 1.48. The zero-order chi connectivity index (χ0) is 24.2. The molecule has 0 spiro atoms. The molecular formula is C26H34FN5O3. The molecule has 1 amide bonds. The second-order valence-corrected chi connectivity index (χ2v) is 9.79.